The number of fused-ring (bicyclic) bond motifs is 1. The van der Waals surface area contributed by atoms with Crippen LogP contribution in [0.2, 0.25) is 0 Å². The molecule has 8 nitrogen and oxygen atoms in total. The lowest BCUT2D eigenvalue weighted by Crippen LogP contribution is -2.54. The third-order valence-corrected chi connectivity index (χ3v) is 7.25. The van der Waals surface area contributed by atoms with Crippen LogP contribution in [0, 0.1) is 0 Å². The number of pyridine rings is 1. The normalized spacial score (nSPS) is 21.1. The Morgan fingerprint density at radius 3 is 2.57 bits per heavy atom. The van der Waals surface area contributed by atoms with Crippen LogP contribution in [-0.2, 0) is 15.0 Å². The molecule has 1 atom stereocenters. The number of anilines is 1. The van der Waals surface area contributed by atoms with Gasteiger partial charge < -0.3 is 15.0 Å². The Kier molecular flexibility index (Phi) is 5.90. The highest BCUT2D eigenvalue weighted by molar-refractivity contribution is 5.99. The third kappa shape index (κ3) is 4.33. The zero-order valence-electron chi connectivity index (χ0n) is 19.4. The van der Waals surface area contributed by atoms with E-state index in [1.807, 2.05) is 0 Å². The zero-order chi connectivity index (χ0) is 24.6. The van der Waals surface area contributed by atoms with Gasteiger partial charge in [-0.2, -0.15) is 5.10 Å². The SMILES string of the molecule is COc1ccc(C2(C(=O)N3CCC[C@@H]3C(=O)Nc3ccc4[nH]ncc4n3)CCC(F)(F)CC2)cc1. The standard InChI is InChI=1S/C25H27F2N5O3/c1-35-17-6-4-16(5-7-17)24(10-12-25(26,27)13-11-24)23(34)32-14-2-3-20(32)22(33)30-21-9-8-18-19(29-21)15-28-31-18/h4-9,15,20H,2-3,10-14H2,1H3,(H,28,31)(H,29,30,33)/t20-/m1/s1. The van der Waals surface area contributed by atoms with Gasteiger partial charge in [-0.25, -0.2) is 13.8 Å². The molecular formula is C25H27F2N5O3. The summed E-state index contributed by atoms with van der Waals surface area (Å²) in [6, 6.07) is 9.77. The molecule has 1 aliphatic carbocycles. The van der Waals surface area contributed by atoms with E-state index in [9.17, 15) is 18.4 Å². The fourth-order valence-electron chi connectivity index (χ4n) is 5.25. The Bertz CT molecular complexity index is 1230. The van der Waals surface area contributed by atoms with Gasteiger partial charge in [0.1, 0.15) is 23.1 Å². The van der Waals surface area contributed by atoms with Gasteiger partial charge in [-0.1, -0.05) is 12.1 Å². The van der Waals surface area contributed by atoms with Crippen molar-refractivity contribution in [1.29, 1.82) is 0 Å². The van der Waals surface area contributed by atoms with Crippen LogP contribution < -0.4 is 10.1 Å². The molecule has 2 aromatic heterocycles. The molecule has 0 unspecified atom stereocenters. The molecule has 1 saturated carbocycles. The molecule has 1 saturated heterocycles. The Balaban J connectivity index is 1.41. The highest BCUT2D eigenvalue weighted by Gasteiger charge is 2.52. The molecule has 2 aliphatic rings. The number of hydrogen-bond acceptors (Lipinski definition) is 5. The molecule has 2 fully saturated rings. The van der Waals surface area contributed by atoms with Crippen LogP contribution in [0.15, 0.2) is 42.6 Å². The number of aromatic nitrogens is 3. The summed E-state index contributed by atoms with van der Waals surface area (Å²) in [5.41, 5.74) is 0.932. The van der Waals surface area contributed by atoms with Crippen molar-refractivity contribution >= 4 is 28.7 Å². The fourth-order valence-corrected chi connectivity index (χ4v) is 5.25. The first-order valence-electron chi connectivity index (χ1n) is 11.8. The average molecular weight is 484 g/mol. The number of H-pyrrole nitrogens is 1. The summed E-state index contributed by atoms with van der Waals surface area (Å²) in [6.45, 7) is 0.402. The maximum Gasteiger partial charge on any atom is 0.248 e. The van der Waals surface area contributed by atoms with Crippen LogP contribution in [0.25, 0.3) is 11.0 Å². The minimum atomic E-state index is -2.80. The van der Waals surface area contributed by atoms with Crippen LogP contribution >= 0.6 is 0 Å². The summed E-state index contributed by atoms with van der Waals surface area (Å²) in [7, 11) is 1.55. The molecule has 0 spiro atoms. The number of halogens is 2. The Morgan fingerprint density at radius 1 is 1.11 bits per heavy atom. The average Bonchev–Trinajstić information content (AvgIpc) is 3.53. The molecule has 5 rings (SSSR count). The second-order valence-corrected chi connectivity index (χ2v) is 9.31. The second-order valence-electron chi connectivity index (χ2n) is 9.31. The summed E-state index contributed by atoms with van der Waals surface area (Å²) in [5.74, 6) is -2.41. The lowest BCUT2D eigenvalue weighted by molar-refractivity contribution is -0.146. The van der Waals surface area contributed by atoms with Crippen molar-refractivity contribution in [3.8, 4) is 5.75 Å². The third-order valence-electron chi connectivity index (χ3n) is 7.25. The summed E-state index contributed by atoms with van der Waals surface area (Å²) < 4.78 is 33.5. The first kappa shape index (κ1) is 23.2. The number of rotatable bonds is 5. The molecule has 2 amide bonds. The predicted molar refractivity (Wildman–Crippen MR) is 125 cm³/mol. The highest BCUT2D eigenvalue weighted by atomic mass is 19.3. The van der Waals surface area contributed by atoms with Gasteiger partial charge >= 0.3 is 0 Å². The van der Waals surface area contributed by atoms with Gasteiger partial charge in [-0.05, 0) is 55.5 Å². The van der Waals surface area contributed by atoms with E-state index < -0.39 is 17.4 Å². The van der Waals surface area contributed by atoms with E-state index >= 15 is 0 Å². The topological polar surface area (TPSA) is 100 Å². The van der Waals surface area contributed by atoms with Crippen molar-refractivity contribution < 1.29 is 23.1 Å². The smallest absolute Gasteiger partial charge is 0.248 e. The zero-order valence-corrected chi connectivity index (χ0v) is 19.4. The van der Waals surface area contributed by atoms with E-state index in [4.69, 9.17) is 4.74 Å². The van der Waals surface area contributed by atoms with E-state index in [0.29, 0.717) is 42.0 Å². The number of benzene rings is 1. The number of carbonyl (C=O) groups excluding carboxylic acids is 2. The van der Waals surface area contributed by atoms with Gasteiger partial charge in [0.15, 0.2) is 0 Å². The van der Waals surface area contributed by atoms with Crippen molar-refractivity contribution in [2.24, 2.45) is 0 Å². The lowest BCUT2D eigenvalue weighted by Gasteiger charge is -2.42. The predicted octanol–water partition coefficient (Wildman–Crippen LogP) is 4.04. The van der Waals surface area contributed by atoms with E-state index in [1.54, 1.807) is 54.6 Å². The number of methoxy groups -OCH3 is 1. The summed E-state index contributed by atoms with van der Waals surface area (Å²) in [5, 5.41) is 9.55. The van der Waals surface area contributed by atoms with Crippen molar-refractivity contribution in [2.75, 3.05) is 19.0 Å². The number of carbonyl (C=O) groups is 2. The molecule has 3 heterocycles. The number of amides is 2. The number of nitrogens with zero attached hydrogens (tertiary/aromatic N) is 3. The second kappa shape index (κ2) is 8.90. The van der Waals surface area contributed by atoms with Gasteiger partial charge in [0, 0.05) is 19.4 Å². The van der Waals surface area contributed by atoms with Gasteiger partial charge in [0.05, 0.1) is 24.2 Å². The minimum absolute atomic E-state index is 0.0225. The maximum absolute atomic E-state index is 14.1. The van der Waals surface area contributed by atoms with Crippen LogP contribution in [0.4, 0.5) is 14.6 Å². The van der Waals surface area contributed by atoms with Crippen molar-refractivity contribution in [2.45, 2.75) is 55.9 Å². The van der Waals surface area contributed by atoms with Crippen LogP contribution in [0.5, 0.6) is 5.75 Å². The Labute approximate surface area is 201 Å². The first-order valence-corrected chi connectivity index (χ1v) is 11.8. The summed E-state index contributed by atoms with van der Waals surface area (Å²) >= 11 is 0. The molecule has 1 aliphatic heterocycles. The molecule has 3 aromatic rings. The van der Waals surface area contributed by atoms with E-state index in [1.165, 1.54) is 0 Å². The van der Waals surface area contributed by atoms with Crippen LogP contribution in [0.3, 0.4) is 0 Å². The monoisotopic (exact) mass is 483 g/mol. The fraction of sp³-hybridized carbons (Fsp3) is 0.440. The highest BCUT2D eigenvalue weighted by Crippen LogP contribution is 2.47. The molecule has 35 heavy (non-hydrogen) atoms. The number of alkyl halides is 2. The van der Waals surface area contributed by atoms with Crippen LogP contribution in [-0.4, -0.2) is 57.5 Å². The number of likely N-dealkylation sites (tertiary alicyclic amines) is 1. The maximum atomic E-state index is 14.1. The quantitative estimate of drug-likeness (QED) is 0.571. The van der Waals surface area contributed by atoms with Crippen molar-refractivity contribution in [3.05, 3.63) is 48.2 Å². The molecule has 1 aromatic carbocycles. The molecule has 2 N–H and O–H groups in total. The lowest BCUT2D eigenvalue weighted by atomic mass is 9.67. The number of aromatic amines is 1. The van der Waals surface area contributed by atoms with Gasteiger partial charge in [-0.15, -0.1) is 0 Å². The van der Waals surface area contributed by atoms with Gasteiger partial charge in [-0.3, -0.25) is 14.7 Å². The van der Waals surface area contributed by atoms with Crippen molar-refractivity contribution in [3.63, 3.8) is 0 Å². The summed E-state index contributed by atoms with van der Waals surface area (Å²) in [4.78, 5) is 33.2. The largest absolute Gasteiger partial charge is 0.497 e. The number of hydrogen-bond donors (Lipinski definition) is 2. The molecule has 184 valence electrons. The Hall–Kier alpha value is -3.56. The Morgan fingerprint density at radius 2 is 1.86 bits per heavy atom. The minimum Gasteiger partial charge on any atom is -0.497 e. The molecular weight excluding hydrogens is 456 g/mol. The van der Waals surface area contributed by atoms with E-state index in [2.05, 4.69) is 20.5 Å². The van der Waals surface area contributed by atoms with Gasteiger partial charge in [0.2, 0.25) is 17.7 Å². The summed E-state index contributed by atoms with van der Waals surface area (Å²) in [6.07, 6.45) is 2.03. The molecule has 10 heteroatoms. The first-order chi connectivity index (χ1) is 16.8. The number of ether oxygens (including phenoxy) is 1. The molecule has 0 bridgehead atoms. The number of nitrogens with one attached hydrogen (secondary N) is 2. The molecule has 0 radical (unpaired) electrons. The van der Waals surface area contributed by atoms with Crippen LogP contribution in [0.1, 0.15) is 44.1 Å². The van der Waals surface area contributed by atoms with E-state index in [-0.39, 0.29) is 37.5 Å². The van der Waals surface area contributed by atoms with Crippen molar-refractivity contribution in [1.82, 2.24) is 20.1 Å². The van der Waals surface area contributed by atoms with E-state index in [0.717, 1.165) is 5.52 Å². The van der Waals surface area contributed by atoms with Gasteiger partial charge in [0.25, 0.3) is 0 Å².